The molecule has 0 spiro atoms. The van der Waals surface area contributed by atoms with Gasteiger partial charge in [-0.15, -0.1) is 0 Å². The minimum Gasteiger partial charge on any atom is -0.388 e. The maximum atomic E-state index is 10.5. The fraction of sp³-hybridized carbons (Fsp3) is 0.625. The van der Waals surface area contributed by atoms with Crippen LogP contribution in [0, 0.1) is 11.3 Å². The Morgan fingerprint density at radius 1 is 1.17 bits per heavy atom. The van der Waals surface area contributed by atoms with E-state index in [1.807, 2.05) is 30.3 Å². The molecule has 1 aromatic rings. The molecule has 102 valence electrons. The van der Waals surface area contributed by atoms with E-state index in [9.17, 15) is 5.11 Å². The minimum atomic E-state index is -0.423. The first-order chi connectivity index (χ1) is 8.33. The third-order valence-corrected chi connectivity index (χ3v) is 3.21. The topological polar surface area (TPSA) is 23.5 Å². The van der Waals surface area contributed by atoms with E-state index < -0.39 is 6.10 Å². The molecule has 1 aromatic carbocycles. The molecule has 0 aliphatic rings. The lowest BCUT2D eigenvalue weighted by molar-refractivity contribution is 0.0239. The van der Waals surface area contributed by atoms with Crippen LogP contribution >= 0.6 is 0 Å². The zero-order valence-corrected chi connectivity index (χ0v) is 12.4. The number of nitrogens with zero attached hydrogens (tertiary/aromatic N) is 1. The van der Waals surface area contributed by atoms with Gasteiger partial charge in [0.05, 0.1) is 6.10 Å². The van der Waals surface area contributed by atoms with Crippen molar-refractivity contribution in [2.24, 2.45) is 11.3 Å². The molecule has 2 heteroatoms. The fourth-order valence-corrected chi connectivity index (χ4v) is 2.56. The SMILES string of the molecule is CC(C)CN(C)CC(C)(C)C(O)c1ccccc1. The van der Waals surface area contributed by atoms with E-state index in [-0.39, 0.29) is 5.41 Å². The molecule has 0 fully saturated rings. The molecule has 0 bridgehead atoms. The van der Waals surface area contributed by atoms with Crippen LogP contribution in [0.25, 0.3) is 0 Å². The highest BCUT2D eigenvalue weighted by Crippen LogP contribution is 2.33. The van der Waals surface area contributed by atoms with Gasteiger partial charge in [0.2, 0.25) is 0 Å². The quantitative estimate of drug-likeness (QED) is 0.836. The fourth-order valence-electron chi connectivity index (χ4n) is 2.56. The Labute approximate surface area is 112 Å². The summed E-state index contributed by atoms with van der Waals surface area (Å²) in [4.78, 5) is 2.30. The summed E-state index contributed by atoms with van der Waals surface area (Å²) in [5, 5.41) is 10.5. The van der Waals surface area contributed by atoms with Crippen LogP contribution in [0.2, 0.25) is 0 Å². The molecule has 1 atom stereocenters. The van der Waals surface area contributed by atoms with Crippen LogP contribution in [0.5, 0.6) is 0 Å². The molecule has 1 N–H and O–H groups in total. The second-order valence-electron chi connectivity index (χ2n) is 6.39. The molecule has 0 saturated heterocycles. The van der Waals surface area contributed by atoms with Crippen molar-refractivity contribution in [3.8, 4) is 0 Å². The Morgan fingerprint density at radius 3 is 2.22 bits per heavy atom. The molecule has 0 aliphatic carbocycles. The first-order valence-electron chi connectivity index (χ1n) is 6.74. The van der Waals surface area contributed by atoms with Crippen LogP contribution in [0.4, 0.5) is 0 Å². The Hall–Kier alpha value is -0.860. The van der Waals surface area contributed by atoms with E-state index in [2.05, 4.69) is 39.6 Å². The lowest BCUT2D eigenvalue weighted by atomic mass is 9.82. The van der Waals surface area contributed by atoms with Crippen molar-refractivity contribution in [1.82, 2.24) is 4.90 Å². The predicted octanol–water partition coefficient (Wildman–Crippen LogP) is 3.33. The van der Waals surface area contributed by atoms with Crippen molar-refractivity contribution in [1.29, 1.82) is 0 Å². The zero-order chi connectivity index (χ0) is 13.8. The zero-order valence-electron chi connectivity index (χ0n) is 12.4. The van der Waals surface area contributed by atoms with Gasteiger partial charge in [0, 0.05) is 18.5 Å². The summed E-state index contributed by atoms with van der Waals surface area (Å²) >= 11 is 0. The van der Waals surface area contributed by atoms with Crippen LogP contribution in [0.3, 0.4) is 0 Å². The lowest BCUT2D eigenvalue weighted by Gasteiger charge is -2.35. The van der Waals surface area contributed by atoms with Gasteiger partial charge < -0.3 is 10.0 Å². The maximum absolute atomic E-state index is 10.5. The Bertz CT molecular complexity index is 345. The van der Waals surface area contributed by atoms with Crippen molar-refractivity contribution in [3.05, 3.63) is 35.9 Å². The van der Waals surface area contributed by atoms with E-state index in [1.54, 1.807) is 0 Å². The summed E-state index contributed by atoms with van der Waals surface area (Å²) in [5.74, 6) is 0.652. The van der Waals surface area contributed by atoms with Gasteiger partial charge in [-0.1, -0.05) is 58.0 Å². The van der Waals surface area contributed by atoms with Gasteiger partial charge in [0.15, 0.2) is 0 Å². The molecule has 0 aromatic heterocycles. The van der Waals surface area contributed by atoms with Gasteiger partial charge in [-0.3, -0.25) is 0 Å². The van der Waals surface area contributed by atoms with Crippen LogP contribution < -0.4 is 0 Å². The molecule has 18 heavy (non-hydrogen) atoms. The van der Waals surface area contributed by atoms with Crippen LogP contribution in [0.15, 0.2) is 30.3 Å². The standard InChI is InChI=1S/C16H27NO/c1-13(2)11-17(5)12-16(3,4)15(18)14-9-7-6-8-10-14/h6-10,13,15,18H,11-12H2,1-5H3. The van der Waals surface area contributed by atoms with Crippen LogP contribution in [0.1, 0.15) is 39.4 Å². The largest absolute Gasteiger partial charge is 0.388 e. The minimum absolute atomic E-state index is 0.148. The van der Waals surface area contributed by atoms with Gasteiger partial charge >= 0.3 is 0 Å². The second kappa shape index (κ2) is 6.35. The number of rotatable bonds is 6. The highest BCUT2D eigenvalue weighted by Gasteiger charge is 2.30. The van der Waals surface area contributed by atoms with Crippen molar-refractivity contribution < 1.29 is 5.11 Å². The smallest absolute Gasteiger partial charge is 0.0853 e. The first-order valence-corrected chi connectivity index (χ1v) is 6.74. The number of benzene rings is 1. The molecule has 1 rings (SSSR count). The predicted molar refractivity (Wildman–Crippen MR) is 77.5 cm³/mol. The van der Waals surface area contributed by atoms with E-state index in [1.165, 1.54) is 0 Å². The number of aliphatic hydroxyl groups excluding tert-OH is 1. The van der Waals surface area contributed by atoms with Gasteiger partial charge in [-0.05, 0) is 18.5 Å². The van der Waals surface area contributed by atoms with Gasteiger partial charge in [-0.25, -0.2) is 0 Å². The molecule has 0 aliphatic heterocycles. The third-order valence-electron chi connectivity index (χ3n) is 3.21. The lowest BCUT2D eigenvalue weighted by Crippen LogP contribution is -2.37. The van der Waals surface area contributed by atoms with Crippen molar-refractivity contribution in [2.75, 3.05) is 20.1 Å². The summed E-state index contributed by atoms with van der Waals surface area (Å²) in [6.07, 6.45) is -0.423. The average molecular weight is 249 g/mol. The van der Waals surface area contributed by atoms with Crippen molar-refractivity contribution >= 4 is 0 Å². The van der Waals surface area contributed by atoms with Crippen LogP contribution in [-0.4, -0.2) is 30.1 Å². The molecule has 0 saturated carbocycles. The van der Waals surface area contributed by atoms with Crippen molar-refractivity contribution in [3.63, 3.8) is 0 Å². The van der Waals surface area contributed by atoms with E-state index in [0.717, 1.165) is 18.7 Å². The summed E-state index contributed by atoms with van der Waals surface area (Å²) in [7, 11) is 2.12. The van der Waals surface area contributed by atoms with Gasteiger partial charge in [0.1, 0.15) is 0 Å². The number of aliphatic hydroxyl groups is 1. The van der Waals surface area contributed by atoms with Crippen LogP contribution in [-0.2, 0) is 0 Å². The molecule has 2 nitrogen and oxygen atoms in total. The first kappa shape index (κ1) is 15.2. The Kier molecular flexibility index (Phi) is 5.36. The maximum Gasteiger partial charge on any atom is 0.0853 e. The third kappa shape index (κ3) is 4.43. The molecule has 0 amide bonds. The monoisotopic (exact) mass is 249 g/mol. The van der Waals surface area contributed by atoms with Crippen molar-refractivity contribution in [2.45, 2.75) is 33.8 Å². The normalized spacial score (nSPS) is 14.2. The summed E-state index contributed by atoms with van der Waals surface area (Å²) in [5.41, 5.74) is 0.853. The molecule has 0 heterocycles. The Balaban J connectivity index is 2.68. The van der Waals surface area contributed by atoms with E-state index in [4.69, 9.17) is 0 Å². The molecule has 1 unspecified atom stereocenters. The van der Waals surface area contributed by atoms with E-state index >= 15 is 0 Å². The average Bonchev–Trinajstić information content (AvgIpc) is 2.27. The molecular weight excluding hydrogens is 222 g/mol. The highest BCUT2D eigenvalue weighted by molar-refractivity contribution is 5.19. The van der Waals surface area contributed by atoms with E-state index in [0.29, 0.717) is 5.92 Å². The summed E-state index contributed by atoms with van der Waals surface area (Å²) in [6, 6.07) is 9.93. The van der Waals surface area contributed by atoms with Gasteiger partial charge in [-0.2, -0.15) is 0 Å². The highest BCUT2D eigenvalue weighted by atomic mass is 16.3. The van der Waals surface area contributed by atoms with Gasteiger partial charge in [0.25, 0.3) is 0 Å². The molecular formula is C16H27NO. The summed E-state index contributed by atoms with van der Waals surface area (Å²) in [6.45, 7) is 10.6. The second-order valence-corrected chi connectivity index (χ2v) is 6.39. The number of hydrogen-bond donors (Lipinski definition) is 1. The molecule has 0 radical (unpaired) electrons. The Morgan fingerprint density at radius 2 is 1.72 bits per heavy atom. The number of hydrogen-bond acceptors (Lipinski definition) is 2. The summed E-state index contributed by atoms with van der Waals surface area (Å²) < 4.78 is 0.